The van der Waals surface area contributed by atoms with Crippen molar-refractivity contribution in [1.82, 2.24) is 30.4 Å². The third-order valence-electron chi connectivity index (χ3n) is 6.05. The Balaban J connectivity index is 1.29. The van der Waals surface area contributed by atoms with E-state index in [0.717, 1.165) is 44.7 Å². The van der Waals surface area contributed by atoms with Crippen LogP contribution in [-0.2, 0) is 22.6 Å². The molecule has 8 nitrogen and oxygen atoms in total. The van der Waals surface area contributed by atoms with Crippen molar-refractivity contribution in [3.8, 4) is 0 Å². The second kappa shape index (κ2) is 8.00. The minimum atomic E-state index is -0.0296. The summed E-state index contributed by atoms with van der Waals surface area (Å²) in [6.07, 6.45) is 10.7. The van der Waals surface area contributed by atoms with Crippen LogP contribution in [0.2, 0.25) is 0 Å². The lowest BCUT2D eigenvalue weighted by atomic mass is 9.96. The Morgan fingerprint density at radius 2 is 1.92 bits per heavy atom. The zero-order valence-corrected chi connectivity index (χ0v) is 15.5. The average Bonchev–Trinajstić information content (AvgIpc) is 3.30. The van der Waals surface area contributed by atoms with Crippen LogP contribution in [0.15, 0.2) is 0 Å². The Labute approximate surface area is 154 Å². The van der Waals surface area contributed by atoms with Crippen LogP contribution in [0, 0.1) is 0 Å². The van der Waals surface area contributed by atoms with Gasteiger partial charge in [-0.25, -0.2) is 4.68 Å². The molecule has 2 aliphatic heterocycles. The van der Waals surface area contributed by atoms with E-state index in [1.165, 1.54) is 38.5 Å². The predicted molar refractivity (Wildman–Crippen MR) is 95.3 cm³/mol. The number of likely N-dealkylation sites (tertiary alicyclic amines) is 1. The molecule has 1 atom stereocenters. The smallest absolute Gasteiger partial charge is 0.242 e. The molecule has 0 aromatic carbocycles. The van der Waals surface area contributed by atoms with E-state index in [2.05, 4.69) is 25.7 Å². The molecule has 1 aromatic rings. The van der Waals surface area contributed by atoms with Crippen LogP contribution < -0.4 is 5.32 Å². The number of rotatable bonds is 5. The number of nitrogens with one attached hydrogen (secondary N) is 1. The van der Waals surface area contributed by atoms with Gasteiger partial charge in [0.1, 0.15) is 6.54 Å². The largest absolute Gasteiger partial charge is 0.373 e. The van der Waals surface area contributed by atoms with Gasteiger partial charge in [-0.2, -0.15) is 0 Å². The van der Waals surface area contributed by atoms with Gasteiger partial charge in [0.25, 0.3) is 0 Å². The van der Waals surface area contributed by atoms with E-state index >= 15 is 0 Å². The van der Waals surface area contributed by atoms with Gasteiger partial charge >= 0.3 is 0 Å². The van der Waals surface area contributed by atoms with Crippen molar-refractivity contribution in [1.29, 1.82) is 0 Å². The fraction of sp³-hybridized carbons (Fsp3) is 0.889. The molecular formula is C18H30N6O2. The molecule has 1 amide bonds. The number of hydrogen-bond donors (Lipinski definition) is 1. The van der Waals surface area contributed by atoms with Gasteiger partial charge in [0.15, 0.2) is 5.82 Å². The van der Waals surface area contributed by atoms with Crippen LogP contribution in [0.25, 0.3) is 0 Å². The fourth-order valence-electron chi connectivity index (χ4n) is 4.67. The van der Waals surface area contributed by atoms with Crippen molar-refractivity contribution in [2.75, 3.05) is 19.7 Å². The molecule has 2 saturated heterocycles. The SMILES string of the molecule is O=C(Cn1nnnc1CN1CCCCCC1)N[C@@H]1COC2(CCCC2)C1. The molecule has 8 heteroatoms. The molecule has 26 heavy (non-hydrogen) atoms. The Bertz CT molecular complexity index is 605. The van der Waals surface area contributed by atoms with E-state index in [1.54, 1.807) is 4.68 Å². The summed E-state index contributed by atoms with van der Waals surface area (Å²) in [7, 11) is 0. The van der Waals surface area contributed by atoms with Crippen molar-refractivity contribution < 1.29 is 9.53 Å². The monoisotopic (exact) mass is 362 g/mol. The standard InChI is InChI=1S/C18H30N6O2/c25-17(19-15-11-18(26-14-15)7-3-4-8-18)13-24-16(20-21-22-24)12-23-9-5-1-2-6-10-23/h15H,1-14H2,(H,19,25)/t15-/m0/s1. The fourth-order valence-corrected chi connectivity index (χ4v) is 4.67. The molecule has 1 N–H and O–H groups in total. The minimum Gasteiger partial charge on any atom is -0.373 e. The summed E-state index contributed by atoms with van der Waals surface area (Å²) in [5.41, 5.74) is 0.0324. The Morgan fingerprint density at radius 3 is 2.69 bits per heavy atom. The average molecular weight is 362 g/mol. The first kappa shape index (κ1) is 17.9. The molecule has 3 heterocycles. The number of amides is 1. The highest BCUT2D eigenvalue weighted by Gasteiger charge is 2.42. The first-order valence-electron chi connectivity index (χ1n) is 10.1. The van der Waals surface area contributed by atoms with Crippen LogP contribution in [0.1, 0.15) is 63.6 Å². The number of ether oxygens (including phenoxy) is 1. The summed E-state index contributed by atoms with van der Waals surface area (Å²) in [4.78, 5) is 14.9. The Hall–Kier alpha value is -1.54. The molecule has 3 aliphatic rings. The number of carbonyl (C=O) groups is 1. The van der Waals surface area contributed by atoms with E-state index in [1.807, 2.05) is 0 Å². The molecule has 144 valence electrons. The molecule has 1 aromatic heterocycles. The summed E-state index contributed by atoms with van der Waals surface area (Å²) >= 11 is 0. The lowest BCUT2D eigenvalue weighted by Gasteiger charge is -2.21. The van der Waals surface area contributed by atoms with Crippen molar-refractivity contribution in [2.45, 2.75) is 82.5 Å². The van der Waals surface area contributed by atoms with Crippen LogP contribution in [0.5, 0.6) is 0 Å². The van der Waals surface area contributed by atoms with Gasteiger partial charge in [-0.15, -0.1) is 5.10 Å². The van der Waals surface area contributed by atoms with Gasteiger partial charge in [-0.1, -0.05) is 25.7 Å². The molecule has 1 spiro atoms. The molecular weight excluding hydrogens is 332 g/mol. The second-order valence-electron chi connectivity index (χ2n) is 8.11. The first-order valence-corrected chi connectivity index (χ1v) is 10.1. The first-order chi connectivity index (χ1) is 12.7. The van der Waals surface area contributed by atoms with Crippen LogP contribution in [0.4, 0.5) is 0 Å². The topological polar surface area (TPSA) is 85.2 Å². The maximum absolute atomic E-state index is 12.5. The number of hydrogen-bond acceptors (Lipinski definition) is 6. The van der Waals surface area contributed by atoms with Crippen molar-refractivity contribution in [3.63, 3.8) is 0 Å². The lowest BCUT2D eigenvalue weighted by molar-refractivity contribution is -0.122. The Morgan fingerprint density at radius 1 is 1.15 bits per heavy atom. The van der Waals surface area contributed by atoms with E-state index in [0.29, 0.717) is 6.61 Å². The van der Waals surface area contributed by atoms with E-state index in [-0.39, 0.29) is 24.1 Å². The Kier molecular flexibility index (Phi) is 5.49. The summed E-state index contributed by atoms with van der Waals surface area (Å²) in [5, 5.41) is 15.1. The normalized spacial score (nSPS) is 26.2. The molecule has 4 rings (SSSR count). The highest BCUT2D eigenvalue weighted by molar-refractivity contribution is 5.76. The molecule has 1 aliphatic carbocycles. The quantitative estimate of drug-likeness (QED) is 0.849. The van der Waals surface area contributed by atoms with Crippen molar-refractivity contribution >= 4 is 5.91 Å². The lowest BCUT2D eigenvalue weighted by Crippen LogP contribution is -2.39. The van der Waals surface area contributed by atoms with Crippen LogP contribution in [-0.4, -0.2) is 62.4 Å². The number of nitrogens with zero attached hydrogens (tertiary/aromatic N) is 5. The highest BCUT2D eigenvalue weighted by Crippen LogP contribution is 2.40. The minimum absolute atomic E-state index is 0.0296. The van der Waals surface area contributed by atoms with Gasteiger partial charge in [-0.05, 0) is 55.6 Å². The maximum Gasteiger partial charge on any atom is 0.242 e. The summed E-state index contributed by atoms with van der Waals surface area (Å²) in [6, 6.07) is 0.117. The summed E-state index contributed by atoms with van der Waals surface area (Å²) in [5.74, 6) is 0.745. The van der Waals surface area contributed by atoms with Gasteiger partial charge in [0.2, 0.25) is 5.91 Å². The van der Waals surface area contributed by atoms with E-state index in [4.69, 9.17) is 4.74 Å². The molecule has 1 saturated carbocycles. The number of tetrazole rings is 1. The van der Waals surface area contributed by atoms with E-state index in [9.17, 15) is 4.79 Å². The zero-order chi connectivity index (χ0) is 17.8. The zero-order valence-electron chi connectivity index (χ0n) is 15.5. The summed E-state index contributed by atoms with van der Waals surface area (Å²) in [6.45, 7) is 3.69. The van der Waals surface area contributed by atoms with Gasteiger partial charge < -0.3 is 10.1 Å². The van der Waals surface area contributed by atoms with Crippen molar-refractivity contribution in [2.24, 2.45) is 0 Å². The third kappa shape index (κ3) is 4.23. The number of aromatic nitrogens is 4. The molecule has 0 bridgehead atoms. The number of carbonyl (C=O) groups excluding carboxylic acids is 1. The molecule has 3 fully saturated rings. The van der Waals surface area contributed by atoms with Crippen LogP contribution in [0.3, 0.4) is 0 Å². The predicted octanol–water partition coefficient (Wildman–Crippen LogP) is 1.27. The third-order valence-corrected chi connectivity index (χ3v) is 6.05. The van der Waals surface area contributed by atoms with Gasteiger partial charge in [0, 0.05) is 0 Å². The van der Waals surface area contributed by atoms with E-state index < -0.39 is 0 Å². The molecule has 0 radical (unpaired) electrons. The van der Waals surface area contributed by atoms with Crippen LogP contribution >= 0.6 is 0 Å². The molecule has 0 unspecified atom stereocenters. The second-order valence-corrected chi connectivity index (χ2v) is 8.11. The maximum atomic E-state index is 12.5. The highest BCUT2D eigenvalue weighted by atomic mass is 16.5. The van der Waals surface area contributed by atoms with Gasteiger partial charge in [0.05, 0.1) is 24.8 Å². The van der Waals surface area contributed by atoms with Crippen molar-refractivity contribution in [3.05, 3.63) is 5.82 Å². The summed E-state index contributed by atoms with van der Waals surface area (Å²) < 4.78 is 7.66. The van der Waals surface area contributed by atoms with Gasteiger partial charge in [-0.3, -0.25) is 9.69 Å².